The Bertz CT molecular complexity index is 1080. The maximum Gasteiger partial charge on any atom is 0.265 e. The van der Waals surface area contributed by atoms with Crippen LogP contribution in [0.15, 0.2) is 42.5 Å². The van der Waals surface area contributed by atoms with Gasteiger partial charge in [-0.1, -0.05) is 24.3 Å². The number of hydrogen-bond acceptors (Lipinski definition) is 5. The number of sulfonamides is 1. The van der Waals surface area contributed by atoms with Gasteiger partial charge in [-0.2, -0.15) is 0 Å². The monoisotopic (exact) mass is 443 g/mol. The van der Waals surface area contributed by atoms with Gasteiger partial charge in [0.2, 0.25) is 10.0 Å². The van der Waals surface area contributed by atoms with Gasteiger partial charge in [0.05, 0.1) is 18.0 Å². The molecule has 0 spiro atoms. The molecule has 0 bridgehead atoms. The van der Waals surface area contributed by atoms with E-state index in [2.05, 4.69) is 36.9 Å². The van der Waals surface area contributed by atoms with Gasteiger partial charge in [-0.15, -0.1) is 0 Å². The number of amides is 1. The first-order chi connectivity index (χ1) is 14.8. The van der Waals surface area contributed by atoms with Crippen LogP contribution in [0.4, 0.5) is 11.4 Å². The van der Waals surface area contributed by atoms with Crippen LogP contribution in [0.3, 0.4) is 0 Å². The van der Waals surface area contributed by atoms with Crippen molar-refractivity contribution in [3.8, 4) is 5.75 Å². The third kappa shape index (κ3) is 4.08. The third-order valence-electron chi connectivity index (χ3n) is 6.22. The summed E-state index contributed by atoms with van der Waals surface area (Å²) in [5.41, 5.74) is 4.21. The predicted octanol–water partition coefficient (Wildman–Crippen LogP) is 2.57. The number of fused-ring (bicyclic) bond motifs is 1. The first kappa shape index (κ1) is 21.5. The lowest BCUT2D eigenvalue weighted by Crippen LogP contribution is -2.56. The number of benzene rings is 2. The summed E-state index contributed by atoms with van der Waals surface area (Å²) in [6.45, 7) is 8.46. The van der Waals surface area contributed by atoms with Gasteiger partial charge in [0, 0.05) is 31.9 Å². The average molecular weight is 444 g/mol. The van der Waals surface area contributed by atoms with Crippen LogP contribution in [-0.4, -0.2) is 63.8 Å². The van der Waals surface area contributed by atoms with Crippen molar-refractivity contribution in [1.82, 2.24) is 4.90 Å². The van der Waals surface area contributed by atoms with Gasteiger partial charge in [-0.3, -0.25) is 9.10 Å². The first-order valence-electron chi connectivity index (χ1n) is 10.7. The highest BCUT2D eigenvalue weighted by Gasteiger charge is 2.38. The number of piperazine rings is 1. The molecule has 1 saturated heterocycles. The van der Waals surface area contributed by atoms with Crippen LogP contribution in [0, 0.1) is 13.8 Å². The number of carbonyl (C=O) groups excluding carboxylic acids is 1. The van der Waals surface area contributed by atoms with Crippen molar-refractivity contribution in [3.05, 3.63) is 53.6 Å². The summed E-state index contributed by atoms with van der Waals surface area (Å²) < 4.78 is 32.6. The standard InChI is InChI=1S/C23H29N3O4S/c1-4-31(28,29)26-16-22(30-21-11-6-5-9-20(21)26)23(27)25-14-12-24(13-15-25)19-10-7-8-17(2)18(19)3/h5-11,22H,4,12-16H2,1-3H3/t22-/m1/s1. The Kier molecular flexibility index (Phi) is 5.83. The van der Waals surface area contributed by atoms with Gasteiger partial charge in [-0.05, 0) is 50.1 Å². The molecule has 1 amide bonds. The third-order valence-corrected chi connectivity index (χ3v) is 7.97. The molecule has 1 atom stereocenters. The number of carbonyl (C=O) groups is 1. The smallest absolute Gasteiger partial charge is 0.265 e. The largest absolute Gasteiger partial charge is 0.476 e. The van der Waals surface area contributed by atoms with Crippen molar-refractivity contribution < 1.29 is 17.9 Å². The zero-order valence-electron chi connectivity index (χ0n) is 18.2. The Hall–Kier alpha value is -2.74. The summed E-state index contributed by atoms with van der Waals surface area (Å²) >= 11 is 0. The zero-order chi connectivity index (χ0) is 22.2. The average Bonchev–Trinajstić information content (AvgIpc) is 2.79. The fraction of sp³-hybridized carbons (Fsp3) is 0.435. The SMILES string of the molecule is CCS(=O)(=O)N1C[C@H](C(=O)N2CCN(c3cccc(C)c3C)CC2)Oc2ccccc21. The molecule has 2 aliphatic rings. The number of rotatable bonds is 4. The van der Waals surface area contributed by atoms with E-state index >= 15 is 0 Å². The summed E-state index contributed by atoms with van der Waals surface area (Å²) in [6, 6.07) is 13.3. The van der Waals surface area contributed by atoms with Crippen LogP contribution in [0.2, 0.25) is 0 Å². The molecule has 2 heterocycles. The maximum atomic E-state index is 13.2. The normalized spacial score (nSPS) is 19.1. The molecule has 2 aliphatic heterocycles. The van der Waals surface area contributed by atoms with Crippen molar-refractivity contribution in [1.29, 1.82) is 0 Å². The molecule has 4 rings (SSSR count). The van der Waals surface area contributed by atoms with Crippen LogP contribution >= 0.6 is 0 Å². The number of hydrogen-bond donors (Lipinski definition) is 0. The summed E-state index contributed by atoms with van der Waals surface area (Å²) in [7, 11) is -3.51. The minimum atomic E-state index is -3.51. The quantitative estimate of drug-likeness (QED) is 0.727. The molecule has 0 N–H and O–H groups in total. The Labute approximate surface area is 184 Å². The molecule has 31 heavy (non-hydrogen) atoms. The number of anilines is 2. The van der Waals surface area contributed by atoms with Crippen molar-refractivity contribution in [2.75, 3.05) is 47.7 Å². The number of para-hydroxylation sites is 2. The summed E-state index contributed by atoms with van der Waals surface area (Å²) in [5.74, 6) is 0.237. The molecule has 0 aromatic heterocycles. The lowest BCUT2D eigenvalue weighted by atomic mass is 10.1. The van der Waals surface area contributed by atoms with E-state index in [-0.39, 0.29) is 18.2 Å². The van der Waals surface area contributed by atoms with Gasteiger partial charge < -0.3 is 14.5 Å². The molecule has 0 saturated carbocycles. The molecule has 1 fully saturated rings. The Balaban J connectivity index is 1.49. The lowest BCUT2D eigenvalue weighted by molar-refractivity contribution is -0.138. The minimum Gasteiger partial charge on any atom is -0.476 e. The molecule has 0 aliphatic carbocycles. The molecular weight excluding hydrogens is 414 g/mol. The predicted molar refractivity (Wildman–Crippen MR) is 122 cm³/mol. The highest BCUT2D eigenvalue weighted by Crippen LogP contribution is 2.35. The van der Waals surface area contributed by atoms with Crippen LogP contribution in [0.1, 0.15) is 18.1 Å². The topological polar surface area (TPSA) is 70.2 Å². The van der Waals surface area contributed by atoms with E-state index in [1.807, 2.05) is 0 Å². The second-order valence-corrected chi connectivity index (χ2v) is 10.2. The highest BCUT2D eigenvalue weighted by molar-refractivity contribution is 7.92. The van der Waals surface area contributed by atoms with Crippen molar-refractivity contribution in [2.24, 2.45) is 0 Å². The van der Waals surface area contributed by atoms with Gasteiger partial charge in [0.25, 0.3) is 5.91 Å². The van der Waals surface area contributed by atoms with E-state index in [1.165, 1.54) is 21.1 Å². The molecule has 0 radical (unpaired) electrons. The van der Waals surface area contributed by atoms with E-state index in [1.54, 1.807) is 36.1 Å². The summed E-state index contributed by atoms with van der Waals surface area (Å²) in [5, 5.41) is 0. The molecule has 2 aromatic rings. The van der Waals surface area contributed by atoms with Crippen LogP contribution in [0.25, 0.3) is 0 Å². The van der Waals surface area contributed by atoms with Gasteiger partial charge >= 0.3 is 0 Å². The number of aryl methyl sites for hydroxylation is 1. The van der Waals surface area contributed by atoms with Crippen LogP contribution in [-0.2, 0) is 14.8 Å². The molecule has 2 aromatic carbocycles. The first-order valence-corrected chi connectivity index (χ1v) is 12.3. The van der Waals surface area contributed by atoms with Crippen molar-refractivity contribution in [2.45, 2.75) is 26.9 Å². The molecule has 0 unspecified atom stereocenters. The van der Waals surface area contributed by atoms with Gasteiger partial charge in [0.1, 0.15) is 5.75 Å². The summed E-state index contributed by atoms with van der Waals surface area (Å²) in [6.07, 6.45) is -0.844. The molecule has 166 valence electrons. The Morgan fingerprint density at radius 1 is 1.00 bits per heavy atom. The second-order valence-electron chi connectivity index (χ2n) is 8.04. The van der Waals surface area contributed by atoms with Crippen LogP contribution in [0.5, 0.6) is 5.75 Å². The van der Waals surface area contributed by atoms with Gasteiger partial charge in [0.15, 0.2) is 6.10 Å². The van der Waals surface area contributed by atoms with Gasteiger partial charge in [-0.25, -0.2) is 8.42 Å². The maximum absolute atomic E-state index is 13.2. The van der Waals surface area contributed by atoms with Crippen molar-refractivity contribution in [3.63, 3.8) is 0 Å². The number of nitrogens with zero attached hydrogens (tertiary/aromatic N) is 3. The molecule has 8 heteroatoms. The van der Waals surface area contributed by atoms with E-state index < -0.39 is 16.1 Å². The lowest BCUT2D eigenvalue weighted by Gasteiger charge is -2.40. The molecule has 7 nitrogen and oxygen atoms in total. The molecular formula is C23H29N3O4S. The van der Waals surface area contributed by atoms with Crippen LogP contribution < -0.4 is 13.9 Å². The number of ether oxygens (including phenoxy) is 1. The van der Waals surface area contributed by atoms with Crippen molar-refractivity contribution >= 4 is 27.3 Å². The fourth-order valence-corrected chi connectivity index (χ4v) is 5.32. The highest BCUT2D eigenvalue weighted by atomic mass is 32.2. The van der Waals surface area contributed by atoms with E-state index in [0.29, 0.717) is 24.5 Å². The van der Waals surface area contributed by atoms with E-state index in [4.69, 9.17) is 4.74 Å². The minimum absolute atomic E-state index is 0.00320. The van der Waals surface area contributed by atoms with E-state index in [9.17, 15) is 13.2 Å². The zero-order valence-corrected chi connectivity index (χ0v) is 19.1. The Morgan fingerprint density at radius 2 is 1.68 bits per heavy atom. The second kappa shape index (κ2) is 8.42. The Morgan fingerprint density at radius 3 is 2.39 bits per heavy atom. The van der Waals surface area contributed by atoms with E-state index in [0.717, 1.165) is 13.1 Å². The fourth-order valence-electron chi connectivity index (χ4n) is 4.20. The summed E-state index contributed by atoms with van der Waals surface area (Å²) in [4.78, 5) is 17.3.